The smallest absolute Gasteiger partial charge is 0.281 e. The van der Waals surface area contributed by atoms with Crippen molar-refractivity contribution in [2.75, 3.05) is 7.11 Å². The number of ether oxygens (including phenoxy) is 1. The standard InChI is InChI=1S/C16H12Cl2N2O2S/c1-20-13-6-4-10(22-2)8-14(13)23-16(20)19-15(21)11-7-9(17)3-5-12(11)18/h3-8H,1-2H3. The molecule has 0 aliphatic rings. The molecule has 118 valence electrons. The topological polar surface area (TPSA) is 43.6 Å². The summed E-state index contributed by atoms with van der Waals surface area (Å²) < 4.78 is 8.06. The number of hydrogen-bond acceptors (Lipinski definition) is 3. The third kappa shape index (κ3) is 3.13. The van der Waals surface area contributed by atoms with Gasteiger partial charge in [-0.25, -0.2) is 0 Å². The molecule has 0 aliphatic carbocycles. The van der Waals surface area contributed by atoms with Gasteiger partial charge in [-0.15, -0.1) is 0 Å². The molecule has 0 N–H and O–H groups in total. The van der Waals surface area contributed by atoms with Crippen LogP contribution >= 0.6 is 34.5 Å². The lowest BCUT2D eigenvalue weighted by atomic mass is 10.2. The van der Waals surface area contributed by atoms with E-state index < -0.39 is 5.91 Å². The lowest BCUT2D eigenvalue weighted by Gasteiger charge is -2.00. The highest BCUT2D eigenvalue weighted by Gasteiger charge is 2.11. The van der Waals surface area contributed by atoms with Gasteiger partial charge in [0.1, 0.15) is 5.75 Å². The maximum atomic E-state index is 12.4. The van der Waals surface area contributed by atoms with Crippen LogP contribution in [0.3, 0.4) is 0 Å². The molecule has 0 bridgehead atoms. The summed E-state index contributed by atoms with van der Waals surface area (Å²) in [5, 5.41) is 0.770. The van der Waals surface area contributed by atoms with E-state index in [0.29, 0.717) is 14.8 Å². The highest BCUT2D eigenvalue weighted by molar-refractivity contribution is 7.16. The Bertz CT molecular complexity index is 976. The lowest BCUT2D eigenvalue weighted by molar-refractivity contribution is 0.0998. The van der Waals surface area contributed by atoms with E-state index in [-0.39, 0.29) is 5.56 Å². The molecule has 4 nitrogen and oxygen atoms in total. The summed E-state index contributed by atoms with van der Waals surface area (Å²) >= 11 is 13.4. The number of hydrogen-bond donors (Lipinski definition) is 0. The van der Waals surface area contributed by atoms with Crippen LogP contribution in [0.1, 0.15) is 10.4 Å². The molecule has 1 aromatic heterocycles. The first kappa shape index (κ1) is 16.1. The second-order valence-electron chi connectivity index (χ2n) is 4.82. The fourth-order valence-corrected chi connectivity index (χ4v) is 3.57. The van der Waals surface area contributed by atoms with Crippen LogP contribution < -0.4 is 9.54 Å². The monoisotopic (exact) mass is 366 g/mol. The van der Waals surface area contributed by atoms with Gasteiger partial charge >= 0.3 is 0 Å². The summed E-state index contributed by atoms with van der Waals surface area (Å²) in [7, 11) is 3.47. The normalized spacial score (nSPS) is 11.9. The van der Waals surface area contributed by atoms with E-state index in [2.05, 4.69) is 4.99 Å². The number of rotatable bonds is 2. The van der Waals surface area contributed by atoms with Gasteiger partial charge in [0, 0.05) is 12.1 Å². The molecule has 2 aromatic carbocycles. The molecule has 0 unspecified atom stereocenters. The Morgan fingerprint density at radius 3 is 2.74 bits per heavy atom. The molecule has 0 spiro atoms. The van der Waals surface area contributed by atoms with E-state index >= 15 is 0 Å². The number of nitrogens with zero attached hydrogens (tertiary/aromatic N) is 2. The molecule has 23 heavy (non-hydrogen) atoms. The molecule has 0 saturated heterocycles. The van der Waals surface area contributed by atoms with Gasteiger partial charge in [-0.05, 0) is 36.4 Å². The van der Waals surface area contributed by atoms with Crippen LogP contribution in [0.25, 0.3) is 10.2 Å². The van der Waals surface area contributed by atoms with Gasteiger partial charge in [0.2, 0.25) is 0 Å². The van der Waals surface area contributed by atoms with Crippen molar-refractivity contribution in [3.05, 3.63) is 56.8 Å². The number of methoxy groups -OCH3 is 1. The lowest BCUT2D eigenvalue weighted by Crippen LogP contribution is -2.13. The average Bonchev–Trinajstić information content (AvgIpc) is 2.85. The van der Waals surface area contributed by atoms with Crippen LogP contribution in [0.5, 0.6) is 5.75 Å². The second-order valence-corrected chi connectivity index (χ2v) is 6.67. The Kier molecular flexibility index (Phi) is 4.43. The van der Waals surface area contributed by atoms with Gasteiger partial charge in [0.25, 0.3) is 5.91 Å². The van der Waals surface area contributed by atoms with Crippen molar-refractivity contribution in [1.82, 2.24) is 4.57 Å². The Morgan fingerprint density at radius 2 is 2.00 bits per heavy atom. The van der Waals surface area contributed by atoms with Crippen molar-refractivity contribution in [2.45, 2.75) is 0 Å². The molecule has 0 atom stereocenters. The van der Waals surface area contributed by atoms with Crippen LogP contribution in [-0.2, 0) is 7.05 Å². The van der Waals surface area contributed by atoms with Crippen molar-refractivity contribution in [1.29, 1.82) is 0 Å². The van der Waals surface area contributed by atoms with Crippen LogP contribution in [0.15, 0.2) is 41.4 Å². The number of aromatic nitrogens is 1. The zero-order chi connectivity index (χ0) is 16.6. The fourth-order valence-electron chi connectivity index (χ4n) is 2.16. The minimum atomic E-state index is -0.424. The third-order valence-electron chi connectivity index (χ3n) is 3.37. The van der Waals surface area contributed by atoms with Gasteiger partial charge in [-0.2, -0.15) is 4.99 Å². The summed E-state index contributed by atoms with van der Waals surface area (Å²) in [4.78, 5) is 17.2. The largest absolute Gasteiger partial charge is 0.497 e. The Morgan fingerprint density at radius 1 is 1.22 bits per heavy atom. The van der Waals surface area contributed by atoms with Crippen molar-refractivity contribution in [3.63, 3.8) is 0 Å². The highest BCUT2D eigenvalue weighted by atomic mass is 35.5. The van der Waals surface area contributed by atoms with E-state index in [1.54, 1.807) is 19.2 Å². The maximum Gasteiger partial charge on any atom is 0.281 e. The van der Waals surface area contributed by atoms with Crippen molar-refractivity contribution >= 4 is 50.7 Å². The highest BCUT2D eigenvalue weighted by Crippen LogP contribution is 2.23. The van der Waals surface area contributed by atoms with Crippen molar-refractivity contribution in [3.8, 4) is 5.75 Å². The molecule has 0 fully saturated rings. The number of aryl methyl sites for hydroxylation is 1. The van der Waals surface area contributed by atoms with Gasteiger partial charge in [-0.1, -0.05) is 34.5 Å². The van der Waals surface area contributed by atoms with Crippen LogP contribution in [0.4, 0.5) is 0 Å². The molecule has 0 radical (unpaired) electrons. The van der Waals surface area contributed by atoms with Crippen LogP contribution in [-0.4, -0.2) is 17.6 Å². The summed E-state index contributed by atoms with van der Waals surface area (Å²) in [6.45, 7) is 0. The predicted molar refractivity (Wildman–Crippen MR) is 93.7 cm³/mol. The Balaban J connectivity index is 2.12. The van der Waals surface area contributed by atoms with Crippen LogP contribution in [0.2, 0.25) is 10.0 Å². The third-order valence-corrected chi connectivity index (χ3v) is 5.03. The van der Waals surface area contributed by atoms with Crippen LogP contribution in [0, 0.1) is 0 Å². The second kappa shape index (κ2) is 6.35. The van der Waals surface area contributed by atoms with E-state index in [9.17, 15) is 4.79 Å². The molecule has 1 heterocycles. The van der Waals surface area contributed by atoms with Gasteiger partial charge in [-0.3, -0.25) is 4.79 Å². The molecular weight excluding hydrogens is 355 g/mol. The Labute approximate surface area is 146 Å². The number of carbonyl (C=O) groups excluding carboxylic acids is 1. The number of benzene rings is 2. The minimum absolute atomic E-state index is 0.286. The minimum Gasteiger partial charge on any atom is -0.497 e. The summed E-state index contributed by atoms with van der Waals surface area (Å²) in [6.07, 6.45) is 0. The first-order chi connectivity index (χ1) is 11.0. The van der Waals surface area contributed by atoms with Gasteiger partial charge < -0.3 is 9.30 Å². The molecule has 0 saturated carbocycles. The number of thiazole rings is 1. The van der Waals surface area contributed by atoms with E-state index in [0.717, 1.165) is 16.0 Å². The van der Waals surface area contributed by atoms with E-state index in [4.69, 9.17) is 27.9 Å². The molecular formula is C16H12Cl2N2O2S. The number of halogens is 2. The first-order valence-electron chi connectivity index (χ1n) is 6.67. The van der Waals surface area contributed by atoms with E-state index in [1.807, 2.05) is 29.8 Å². The zero-order valence-corrected chi connectivity index (χ0v) is 14.7. The molecule has 3 rings (SSSR count). The number of carbonyl (C=O) groups is 1. The molecule has 3 aromatic rings. The molecule has 7 heteroatoms. The Hall–Kier alpha value is -1.82. The molecule has 0 aliphatic heterocycles. The summed E-state index contributed by atoms with van der Waals surface area (Å²) in [5.41, 5.74) is 1.26. The zero-order valence-electron chi connectivity index (χ0n) is 12.3. The van der Waals surface area contributed by atoms with Crippen molar-refractivity contribution in [2.24, 2.45) is 12.0 Å². The summed E-state index contributed by atoms with van der Waals surface area (Å²) in [6, 6.07) is 10.5. The predicted octanol–water partition coefficient (Wildman–Crippen LogP) is 4.30. The van der Waals surface area contributed by atoms with Crippen molar-refractivity contribution < 1.29 is 9.53 Å². The molecule has 1 amide bonds. The van der Waals surface area contributed by atoms with Gasteiger partial charge in [0.05, 0.1) is 27.9 Å². The number of amides is 1. The first-order valence-corrected chi connectivity index (χ1v) is 8.24. The fraction of sp³-hybridized carbons (Fsp3) is 0.125. The number of fused-ring (bicyclic) bond motifs is 1. The maximum absolute atomic E-state index is 12.4. The quantitative estimate of drug-likeness (QED) is 0.678. The SMILES string of the molecule is COc1ccc2c(c1)sc(=NC(=O)c1cc(Cl)ccc1Cl)n2C. The van der Waals surface area contributed by atoms with E-state index in [1.165, 1.54) is 17.4 Å². The van der Waals surface area contributed by atoms with Gasteiger partial charge in [0.15, 0.2) is 4.80 Å². The summed E-state index contributed by atoms with van der Waals surface area (Å²) in [5.74, 6) is 0.335. The average molecular weight is 367 g/mol.